The molecule has 0 aromatic rings. The molecular formula is C87H150O16P2. The van der Waals surface area contributed by atoms with Crippen LogP contribution >= 0.6 is 15.6 Å². The third-order valence-corrected chi connectivity index (χ3v) is 19.2. The number of phosphoric acid groups is 2. The Hall–Kier alpha value is -4.31. The minimum absolute atomic E-state index is 0.0905. The van der Waals surface area contributed by atoms with Crippen molar-refractivity contribution in [1.29, 1.82) is 0 Å². The molecule has 0 spiro atoms. The van der Waals surface area contributed by atoms with Crippen LogP contribution in [0.5, 0.6) is 0 Å². The van der Waals surface area contributed by atoms with Crippen LogP contribution in [0, 0.1) is 0 Å². The van der Waals surface area contributed by atoms with Crippen molar-refractivity contribution in [2.75, 3.05) is 39.6 Å². The number of rotatable bonds is 78. The van der Waals surface area contributed by atoms with Crippen molar-refractivity contribution in [3.63, 3.8) is 0 Å². The Morgan fingerprint density at radius 2 is 0.505 bits per heavy atom. The third-order valence-electron chi connectivity index (χ3n) is 17.3. The van der Waals surface area contributed by atoms with Crippen LogP contribution in [-0.2, 0) is 55.8 Å². The van der Waals surface area contributed by atoms with Crippen molar-refractivity contribution in [1.82, 2.24) is 0 Å². The Labute approximate surface area is 639 Å². The molecule has 0 rings (SSSR count). The lowest BCUT2D eigenvalue weighted by Gasteiger charge is -2.21. The maximum absolute atomic E-state index is 13.0. The number of esters is 3. The van der Waals surface area contributed by atoms with Crippen molar-refractivity contribution < 1.29 is 75.8 Å². The van der Waals surface area contributed by atoms with Gasteiger partial charge in [-0.25, -0.2) is 9.13 Å². The second-order valence-electron chi connectivity index (χ2n) is 27.5. The molecule has 0 radical (unpaired) electrons. The Morgan fingerprint density at radius 1 is 0.276 bits per heavy atom. The number of allylic oxidation sites excluding steroid dienone is 22. The van der Waals surface area contributed by atoms with E-state index in [1.807, 2.05) is 0 Å². The lowest BCUT2D eigenvalue weighted by atomic mass is 10.0. The van der Waals surface area contributed by atoms with E-state index >= 15 is 0 Å². The summed E-state index contributed by atoms with van der Waals surface area (Å²) in [6, 6.07) is 0. The van der Waals surface area contributed by atoms with E-state index in [0.29, 0.717) is 19.3 Å². The number of hydrogen-bond donors (Lipinski definition) is 4. The van der Waals surface area contributed by atoms with E-state index < -0.39 is 91.5 Å². The maximum atomic E-state index is 13.0. The molecule has 5 unspecified atom stereocenters. The standard InChI is InChI=1S/C87H150O16P2/c1-4-7-10-13-16-19-22-25-28-30-32-33-34-35-36-37-38-39-40-41-42-43-44-45-46-47-49-51-53-55-58-61-64-67-70-73-85(90)97-76-82(88)77-99-104(93,94)100-78-83(89)79-101-105(95,96)102-81-84(103-87(92)75-72-69-66-63-60-57-52-27-24-21-18-15-12-9-6-3)80-98-86(91)74-71-68-65-62-59-56-54-50-48-31-29-26-23-20-17-14-11-8-5-2/h7-8,10-11,16-17,19-20,25-29,32-33,35-36,38-39,48,50,52,82-84,88-89H,4-6,9,12-15,18,21-24,30-31,34,37,40-47,49,51,53-81H2,1-3H3,(H,93,94)(H,95,96)/b10-7-,11-8-,19-16-,20-17-,28-25-,29-26-,33-32-,36-35-,39-38-,50-48-,52-27-. The van der Waals surface area contributed by atoms with Gasteiger partial charge in [-0.05, 0) is 135 Å². The highest BCUT2D eigenvalue weighted by molar-refractivity contribution is 7.47. The average molecular weight is 1510 g/mol. The number of carbonyl (C=O) groups is 3. The minimum Gasteiger partial charge on any atom is -0.463 e. The number of aliphatic hydroxyl groups is 2. The van der Waals surface area contributed by atoms with Crippen LogP contribution in [0.4, 0.5) is 0 Å². The molecule has 0 saturated carbocycles. The van der Waals surface area contributed by atoms with Crippen molar-refractivity contribution >= 4 is 33.6 Å². The fourth-order valence-electron chi connectivity index (χ4n) is 11.1. The monoisotopic (exact) mass is 1510 g/mol. The fraction of sp³-hybridized carbons (Fsp3) is 0.713. The number of carbonyl (C=O) groups excluding carboxylic acids is 3. The zero-order chi connectivity index (χ0) is 76.6. The molecule has 0 heterocycles. The summed E-state index contributed by atoms with van der Waals surface area (Å²) in [5.41, 5.74) is 0. The minimum atomic E-state index is -4.94. The smallest absolute Gasteiger partial charge is 0.463 e. The molecule has 0 amide bonds. The van der Waals surface area contributed by atoms with Gasteiger partial charge in [0.2, 0.25) is 0 Å². The van der Waals surface area contributed by atoms with Gasteiger partial charge in [-0.1, -0.05) is 321 Å². The van der Waals surface area contributed by atoms with Gasteiger partial charge in [0, 0.05) is 19.3 Å². The molecule has 604 valence electrons. The van der Waals surface area contributed by atoms with Gasteiger partial charge in [0.05, 0.1) is 26.4 Å². The Kier molecular flexibility index (Phi) is 76.0. The average Bonchev–Trinajstić information content (AvgIpc) is 0.942. The molecule has 105 heavy (non-hydrogen) atoms. The summed E-state index contributed by atoms with van der Waals surface area (Å²) in [7, 11) is -9.80. The van der Waals surface area contributed by atoms with Crippen LogP contribution in [0.3, 0.4) is 0 Å². The first kappa shape index (κ1) is 101. The van der Waals surface area contributed by atoms with Crippen molar-refractivity contribution in [2.45, 2.75) is 360 Å². The number of aliphatic hydroxyl groups excluding tert-OH is 2. The van der Waals surface area contributed by atoms with E-state index in [-0.39, 0.29) is 19.3 Å². The zero-order valence-electron chi connectivity index (χ0n) is 66.1. The van der Waals surface area contributed by atoms with Gasteiger partial charge >= 0.3 is 33.6 Å². The molecule has 0 bridgehead atoms. The number of phosphoric ester groups is 2. The van der Waals surface area contributed by atoms with Crippen molar-refractivity contribution in [2.24, 2.45) is 0 Å². The van der Waals surface area contributed by atoms with E-state index in [1.54, 1.807) is 0 Å². The van der Waals surface area contributed by atoms with Crippen molar-refractivity contribution in [3.05, 3.63) is 134 Å². The molecule has 16 nitrogen and oxygen atoms in total. The van der Waals surface area contributed by atoms with E-state index in [4.69, 9.17) is 32.3 Å². The molecular weight excluding hydrogens is 1360 g/mol. The molecule has 0 aliphatic rings. The van der Waals surface area contributed by atoms with Crippen LogP contribution < -0.4 is 0 Å². The zero-order valence-corrected chi connectivity index (χ0v) is 67.9. The molecule has 0 aromatic heterocycles. The van der Waals surface area contributed by atoms with Crippen LogP contribution in [0.15, 0.2) is 134 Å². The third kappa shape index (κ3) is 80.5. The molecule has 18 heteroatoms. The van der Waals surface area contributed by atoms with Crippen LogP contribution in [0.1, 0.15) is 342 Å². The predicted octanol–water partition coefficient (Wildman–Crippen LogP) is 24.7. The van der Waals surface area contributed by atoms with Crippen LogP contribution in [0.25, 0.3) is 0 Å². The van der Waals surface area contributed by atoms with E-state index in [1.165, 1.54) is 122 Å². The van der Waals surface area contributed by atoms with Crippen LogP contribution in [-0.4, -0.2) is 95.9 Å². The largest absolute Gasteiger partial charge is 0.472 e. The van der Waals surface area contributed by atoms with Gasteiger partial charge in [0.25, 0.3) is 0 Å². The van der Waals surface area contributed by atoms with Gasteiger partial charge < -0.3 is 34.2 Å². The Balaban J connectivity index is 4.42. The predicted molar refractivity (Wildman–Crippen MR) is 436 cm³/mol. The summed E-state index contributed by atoms with van der Waals surface area (Å²) >= 11 is 0. The Morgan fingerprint density at radius 3 is 0.810 bits per heavy atom. The second-order valence-corrected chi connectivity index (χ2v) is 30.4. The van der Waals surface area contributed by atoms with E-state index in [0.717, 1.165) is 161 Å². The van der Waals surface area contributed by atoms with Gasteiger partial charge in [-0.3, -0.25) is 32.5 Å². The lowest BCUT2D eigenvalue weighted by Crippen LogP contribution is -2.30. The summed E-state index contributed by atoms with van der Waals surface area (Å²) < 4.78 is 61.2. The summed E-state index contributed by atoms with van der Waals surface area (Å²) in [5.74, 6) is -1.59. The quantitative estimate of drug-likeness (QED) is 0.0146. The normalized spacial score (nSPS) is 14.6. The molecule has 0 aliphatic carbocycles. The van der Waals surface area contributed by atoms with Gasteiger partial charge in [0.15, 0.2) is 6.10 Å². The number of ether oxygens (including phenoxy) is 3. The highest BCUT2D eigenvalue weighted by atomic mass is 31.2. The highest BCUT2D eigenvalue weighted by Crippen LogP contribution is 2.45. The molecule has 0 aromatic carbocycles. The number of hydrogen-bond acceptors (Lipinski definition) is 14. The number of unbranched alkanes of at least 4 members (excludes halogenated alkanes) is 33. The van der Waals surface area contributed by atoms with Gasteiger partial charge in [0.1, 0.15) is 25.4 Å². The lowest BCUT2D eigenvalue weighted by molar-refractivity contribution is -0.161. The first-order valence-corrected chi connectivity index (χ1v) is 44.5. The first-order valence-electron chi connectivity index (χ1n) is 41.5. The van der Waals surface area contributed by atoms with Crippen molar-refractivity contribution in [3.8, 4) is 0 Å². The molecule has 5 atom stereocenters. The summed E-state index contributed by atoms with van der Waals surface area (Å²) in [6.45, 7) is 2.45. The molecule has 0 aliphatic heterocycles. The molecule has 4 N–H and O–H groups in total. The summed E-state index contributed by atoms with van der Waals surface area (Å²) in [4.78, 5) is 58.7. The molecule has 0 fully saturated rings. The van der Waals surface area contributed by atoms with Gasteiger partial charge in [-0.2, -0.15) is 0 Å². The highest BCUT2D eigenvalue weighted by Gasteiger charge is 2.29. The first-order chi connectivity index (χ1) is 51.2. The van der Waals surface area contributed by atoms with Crippen LogP contribution in [0.2, 0.25) is 0 Å². The summed E-state index contributed by atoms with van der Waals surface area (Å²) in [5, 5.41) is 20.7. The topological polar surface area (TPSA) is 231 Å². The summed E-state index contributed by atoms with van der Waals surface area (Å²) in [6.07, 6.45) is 96.5. The Bertz CT molecular complexity index is 2440. The molecule has 0 saturated heterocycles. The van der Waals surface area contributed by atoms with E-state index in [2.05, 4.69) is 154 Å². The SMILES string of the molecule is CC/C=C\C/C=C\C/C=C\C/C=C\C/C=C\C/C=C\CCCCCCCCCCCCCCCCCCC(=O)OCC(O)COP(=O)(O)OCC(O)COP(=O)(O)OCC(COC(=O)CCCCCCCC/C=C\C/C=C\C/C=C\C/C=C\CC)OC(=O)CCCCCCC/C=C\CCCCCCCC. The van der Waals surface area contributed by atoms with Gasteiger partial charge in [-0.15, -0.1) is 0 Å². The fourth-order valence-corrected chi connectivity index (χ4v) is 12.7. The van der Waals surface area contributed by atoms with E-state index in [9.17, 15) is 43.5 Å². The second kappa shape index (κ2) is 79.2. The maximum Gasteiger partial charge on any atom is 0.472 e.